The molecule has 0 spiro atoms. The van der Waals surface area contributed by atoms with Crippen LogP contribution in [0.15, 0.2) is 64.0 Å². The summed E-state index contributed by atoms with van der Waals surface area (Å²) < 4.78 is 12.1. The van der Waals surface area contributed by atoms with E-state index < -0.39 is 0 Å². The number of urea groups is 1. The third-order valence-electron chi connectivity index (χ3n) is 6.21. The molecule has 0 saturated carbocycles. The Morgan fingerprint density at radius 2 is 1.85 bits per heavy atom. The van der Waals surface area contributed by atoms with Crippen LogP contribution >= 0.6 is 0 Å². The van der Waals surface area contributed by atoms with Crippen molar-refractivity contribution in [1.82, 2.24) is 9.47 Å². The molecule has 4 heterocycles. The fourth-order valence-corrected chi connectivity index (χ4v) is 4.76. The molecule has 1 aromatic carbocycles. The summed E-state index contributed by atoms with van der Waals surface area (Å²) in [6, 6.07) is 13.3. The lowest BCUT2D eigenvalue weighted by Crippen LogP contribution is -2.50. The van der Waals surface area contributed by atoms with Gasteiger partial charge in [-0.15, -0.1) is 0 Å². The Bertz CT molecular complexity index is 1230. The number of nitrogens with one attached hydrogen (secondary N) is 2. The minimum Gasteiger partial charge on any atom is -0.497 e. The second kappa shape index (κ2) is 8.50. The highest BCUT2D eigenvalue weighted by atomic mass is 16.5. The minimum absolute atomic E-state index is 0.0695. The van der Waals surface area contributed by atoms with Gasteiger partial charge in [-0.05, 0) is 54.8 Å². The third kappa shape index (κ3) is 4.09. The zero-order valence-electron chi connectivity index (χ0n) is 18.1. The summed E-state index contributed by atoms with van der Waals surface area (Å²) in [6.07, 6.45) is 2.28. The smallest absolute Gasteiger partial charge is 0.321 e. The van der Waals surface area contributed by atoms with E-state index in [1.807, 2.05) is 0 Å². The summed E-state index contributed by atoms with van der Waals surface area (Å²) in [4.78, 5) is 39.9. The predicted octanol–water partition coefficient (Wildman–Crippen LogP) is 3.35. The van der Waals surface area contributed by atoms with E-state index in [0.29, 0.717) is 36.8 Å². The lowest BCUT2D eigenvalue weighted by Gasteiger charge is -2.43. The number of carbonyl (C=O) groups is 2. The second-order valence-electron chi connectivity index (χ2n) is 8.37. The number of pyridine rings is 1. The van der Waals surface area contributed by atoms with Crippen LogP contribution in [0, 0.1) is 5.92 Å². The molecule has 1 saturated heterocycles. The van der Waals surface area contributed by atoms with Crippen LogP contribution < -0.4 is 20.9 Å². The van der Waals surface area contributed by atoms with Crippen LogP contribution in [-0.4, -0.2) is 41.6 Å². The number of nitrogens with zero attached hydrogens (tertiary/aromatic N) is 2. The molecule has 5 rings (SSSR count). The molecule has 33 heavy (non-hydrogen) atoms. The quantitative estimate of drug-likeness (QED) is 0.637. The average Bonchev–Trinajstić information content (AvgIpc) is 3.36. The minimum atomic E-state index is -0.381. The van der Waals surface area contributed by atoms with Crippen LogP contribution in [0.5, 0.6) is 5.75 Å². The molecule has 3 aromatic rings. The van der Waals surface area contributed by atoms with Crippen molar-refractivity contribution in [2.24, 2.45) is 5.92 Å². The van der Waals surface area contributed by atoms with Gasteiger partial charge in [0.1, 0.15) is 5.75 Å². The molecular weight excluding hydrogens is 424 g/mol. The fraction of sp³-hybridized carbons (Fsp3) is 0.292. The molecule has 0 radical (unpaired) electrons. The number of methoxy groups -OCH3 is 1. The van der Waals surface area contributed by atoms with E-state index >= 15 is 0 Å². The van der Waals surface area contributed by atoms with E-state index in [0.717, 1.165) is 12.1 Å². The zero-order chi connectivity index (χ0) is 22.9. The Hall–Kier alpha value is -4.01. The average molecular weight is 448 g/mol. The third-order valence-corrected chi connectivity index (χ3v) is 6.21. The standard InChI is InChI=1S/C24H24N4O5/c1-32-18-6-4-17(5-7-18)25-24(31)27-12-15-11-16(14-27)22-19(8-9-21(29)28(22)13-15)26-23(30)20-3-2-10-33-20/h2-10,15-16H,11-14H2,1H3,(H,25,31)(H,26,30)/t15-,16+/m0/s1. The van der Waals surface area contributed by atoms with Gasteiger partial charge in [-0.2, -0.15) is 0 Å². The molecule has 2 bridgehead atoms. The molecule has 9 nitrogen and oxygen atoms in total. The maximum atomic E-state index is 13.0. The van der Waals surface area contributed by atoms with Gasteiger partial charge >= 0.3 is 6.03 Å². The number of likely N-dealkylation sites (tertiary alicyclic amines) is 1. The maximum Gasteiger partial charge on any atom is 0.321 e. The molecule has 0 aliphatic carbocycles. The van der Waals surface area contributed by atoms with E-state index in [-0.39, 0.29) is 35.1 Å². The summed E-state index contributed by atoms with van der Waals surface area (Å²) in [5.74, 6) is 0.615. The number of hydrogen-bond acceptors (Lipinski definition) is 5. The molecule has 3 amide bonds. The molecule has 170 valence electrons. The van der Waals surface area contributed by atoms with E-state index in [4.69, 9.17) is 9.15 Å². The van der Waals surface area contributed by atoms with E-state index in [2.05, 4.69) is 10.6 Å². The lowest BCUT2D eigenvalue weighted by atomic mass is 9.82. The van der Waals surface area contributed by atoms with Gasteiger partial charge in [-0.25, -0.2) is 4.79 Å². The molecule has 0 unspecified atom stereocenters. The molecule has 2 atom stereocenters. The van der Waals surface area contributed by atoms with Crippen molar-refractivity contribution in [2.75, 3.05) is 30.8 Å². The van der Waals surface area contributed by atoms with Crippen molar-refractivity contribution < 1.29 is 18.7 Å². The highest BCUT2D eigenvalue weighted by Crippen LogP contribution is 2.38. The molecule has 2 aromatic heterocycles. The number of furan rings is 1. The van der Waals surface area contributed by atoms with E-state index in [1.165, 1.54) is 12.3 Å². The molecule has 9 heteroatoms. The van der Waals surface area contributed by atoms with Crippen LogP contribution in [-0.2, 0) is 6.54 Å². The predicted molar refractivity (Wildman–Crippen MR) is 122 cm³/mol. The van der Waals surface area contributed by atoms with Crippen molar-refractivity contribution >= 4 is 23.3 Å². The number of amides is 3. The Labute approximate surface area is 190 Å². The Kier molecular flexibility index (Phi) is 5.37. The monoisotopic (exact) mass is 448 g/mol. The molecular formula is C24H24N4O5. The van der Waals surface area contributed by atoms with Crippen LogP contribution in [0.4, 0.5) is 16.2 Å². The van der Waals surface area contributed by atoms with Crippen LogP contribution in [0.3, 0.4) is 0 Å². The van der Waals surface area contributed by atoms with Gasteiger partial charge in [0.05, 0.1) is 19.1 Å². The number of aromatic nitrogens is 1. The van der Waals surface area contributed by atoms with Crippen LogP contribution in [0.1, 0.15) is 28.6 Å². The number of piperidine rings is 1. The number of hydrogen-bond donors (Lipinski definition) is 2. The lowest BCUT2D eigenvalue weighted by molar-refractivity contribution is 0.0995. The summed E-state index contributed by atoms with van der Waals surface area (Å²) in [5.41, 5.74) is 1.89. The van der Waals surface area contributed by atoms with Gasteiger partial charge in [-0.1, -0.05) is 0 Å². The van der Waals surface area contributed by atoms with E-state index in [9.17, 15) is 14.4 Å². The normalized spacial score (nSPS) is 18.9. The Morgan fingerprint density at radius 3 is 2.58 bits per heavy atom. The first-order valence-electron chi connectivity index (χ1n) is 10.8. The fourth-order valence-electron chi connectivity index (χ4n) is 4.76. The second-order valence-corrected chi connectivity index (χ2v) is 8.37. The zero-order valence-corrected chi connectivity index (χ0v) is 18.1. The SMILES string of the molecule is COc1ccc(NC(=O)N2C[C@@H]3C[C@H](C2)c2c(NC(=O)c4ccco4)ccc(=O)n2C3)cc1. The molecule has 2 aliphatic rings. The molecule has 2 aliphatic heterocycles. The van der Waals surface area contributed by atoms with Gasteiger partial charge in [0.15, 0.2) is 5.76 Å². The van der Waals surface area contributed by atoms with Crippen molar-refractivity contribution in [3.8, 4) is 5.75 Å². The summed E-state index contributed by atoms with van der Waals surface area (Å²) in [5, 5.41) is 5.81. The topological polar surface area (TPSA) is 106 Å². The first-order chi connectivity index (χ1) is 16.0. The highest BCUT2D eigenvalue weighted by molar-refractivity contribution is 6.02. The molecule has 1 fully saturated rings. The number of anilines is 2. The first kappa shape index (κ1) is 20.9. The van der Waals surface area contributed by atoms with Crippen molar-refractivity contribution in [3.05, 3.63) is 76.6 Å². The largest absolute Gasteiger partial charge is 0.497 e. The maximum absolute atomic E-state index is 13.0. The first-order valence-corrected chi connectivity index (χ1v) is 10.8. The van der Waals surface area contributed by atoms with Crippen LogP contribution in [0.2, 0.25) is 0 Å². The number of benzene rings is 1. The van der Waals surface area contributed by atoms with Crippen molar-refractivity contribution in [1.29, 1.82) is 0 Å². The number of rotatable bonds is 4. The summed E-state index contributed by atoms with van der Waals surface area (Å²) in [7, 11) is 1.59. The Morgan fingerprint density at radius 1 is 1.03 bits per heavy atom. The van der Waals surface area contributed by atoms with Crippen molar-refractivity contribution in [2.45, 2.75) is 18.9 Å². The van der Waals surface area contributed by atoms with E-state index in [1.54, 1.807) is 59.0 Å². The summed E-state index contributed by atoms with van der Waals surface area (Å²) in [6.45, 7) is 1.51. The van der Waals surface area contributed by atoms with Gasteiger partial charge in [0.25, 0.3) is 11.5 Å². The summed E-state index contributed by atoms with van der Waals surface area (Å²) >= 11 is 0. The van der Waals surface area contributed by atoms with Crippen molar-refractivity contribution in [3.63, 3.8) is 0 Å². The number of ether oxygens (including phenoxy) is 1. The van der Waals surface area contributed by atoms with Gasteiger partial charge in [0, 0.05) is 43.0 Å². The van der Waals surface area contributed by atoms with Crippen LogP contribution in [0.25, 0.3) is 0 Å². The number of carbonyl (C=O) groups excluding carboxylic acids is 2. The van der Waals surface area contributed by atoms with Gasteiger partial charge in [-0.3, -0.25) is 9.59 Å². The highest BCUT2D eigenvalue weighted by Gasteiger charge is 2.38. The number of fused-ring (bicyclic) bond motifs is 4. The molecule has 2 N–H and O–H groups in total. The van der Waals surface area contributed by atoms with Gasteiger partial charge in [0.2, 0.25) is 0 Å². The Balaban J connectivity index is 1.37. The van der Waals surface area contributed by atoms with Gasteiger partial charge < -0.3 is 29.3 Å².